The molecule has 8 nitrogen and oxygen atoms in total. The molecule has 0 heterocycles. The van der Waals surface area contributed by atoms with Gasteiger partial charge in [0.05, 0.1) is 13.7 Å². The largest absolute Gasteiger partial charge is 0.493 e. The summed E-state index contributed by atoms with van der Waals surface area (Å²) in [6.07, 6.45) is 0.0193. The molecular formula is C20H23N3O5. The molecular weight excluding hydrogens is 362 g/mol. The van der Waals surface area contributed by atoms with Gasteiger partial charge in [0, 0.05) is 24.1 Å². The van der Waals surface area contributed by atoms with E-state index in [1.165, 1.54) is 13.2 Å². The van der Waals surface area contributed by atoms with Crippen molar-refractivity contribution in [2.45, 2.75) is 13.3 Å². The molecule has 0 aromatic heterocycles. The second-order valence-electron chi connectivity index (χ2n) is 5.67. The Hall–Kier alpha value is -3.55. The molecule has 0 fully saturated rings. The molecule has 0 aliphatic rings. The number of hydrogen-bond donors (Lipinski definition) is 3. The molecule has 0 saturated carbocycles. The second-order valence-corrected chi connectivity index (χ2v) is 5.67. The minimum atomic E-state index is -0.497. The van der Waals surface area contributed by atoms with Gasteiger partial charge in [0.15, 0.2) is 11.5 Å². The number of hydrazine groups is 1. The zero-order valence-electron chi connectivity index (χ0n) is 15.8. The van der Waals surface area contributed by atoms with E-state index in [1.54, 1.807) is 36.4 Å². The highest BCUT2D eigenvalue weighted by Gasteiger charge is 2.12. The van der Waals surface area contributed by atoms with Crippen LogP contribution >= 0.6 is 0 Å². The van der Waals surface area contributed by atoms with Gasteiger partial charge in [-0.25, -0.2) is 0 Å². The average Bonchev–Trinajstić information content (AvgIpc) is 2.73. The van der Waals surface area contributed by atoms with Gasteiger partial charge in [-0.3, -0.25) is 25.2 Å². The van der Waals surface area contributed by atoms with E-state index in [1.807, 2.05) is 13.0 Å². The number of rotatable bonds is 8. The number of methoxy groups -OCH3 is 1. The fourth-order valence-corrected chi connectivity index (χ4v) is 2.33. The molecule has 0 aliphatic heterocycles. The van der Waals surface area contributed by atoms with Crippen LogP contribution in [0.25, 0.3) is 0 Å². The summed E-state index contributed by atoms with van der Waals surface area (Å²) < 4.78 is 10.6. The Labute approximate surface area is 163 Å². The quantitative estimate of drug-likeness (QED) is 0.600. The first-order valence-electron chi connectivity index (χ1n) is 8.78. The van der Waals surface area contributed by atoms with Crippen molar-refractivity contribution in [2.75, 3.05) is 20.3 Å². The number of ether oxygens (including phenoxy) is 2. The molecule has 0 bridgehead atoms. The molecule has 8 heteroatoms. The van der Waals surface area contributed by atoms with Crippen molar-refractivity contribution in [3.05, 3.63) is 59.7 Å². The molecule has 0 spiro atoms. The minimum Gasteiger partial charge on any atom is -0.493 e. The number of carbonyl (C=O) groups is 3. The van der Waals surface area contributed by atoms with Crippen molar-refractivity contribution in [2.24, 2.45) is 0 Å². The van der Waals surface area contributed by atoms with Crippen LogP contribution < -0.4 is 25.6 Å². The zero-order chi connectivity index (χ0) is 20.4. The normalized spacial score (nSPS) is 9.93. The third-order valence-corrected chi connectivity index (χ3v) is 3.71. The number of carbonyl (C=O) groups excluding carboxylic acids is 3. The van der Waals surface area contributed by atoms with Crippen molar-refractivity contribution >= 4 is 17.7 Å². The van der Waals surface area contributed by atoms with Crippen molar-refractivity contribution in [3.63, 3.8) is 0 Å². The number of benzene rings is 2. The van der Waals surface area contributed by atoms with Gasteiger partial charge in [-0.15, -0.1) is 0 Å². The summed E-state index contributed by atoms with van der Waals surface area (Å²) in [6, 6.07) is 13.4. The maximum Gasteiger partial charge on any atom is 0.269 e. The Morgan fingerprint density at radius 2 is 1.64 bits per heavy atom. The number of hydrogen-bond acceptors (Lipinski definition) is 5. The predicted molar refractivity (Wildman–Crippen MR) is 103 cm³/mol. The van der Waals surface area contributed by atoms with E-state index in [2.05, 4.69) is 16.2 Å². The lowest BCUT2D eigenvalue weighted by Crippen LogP contribution is -2.42. The van der Waals surface area contributed by atoms with E-state index < -0.39 is 11.8 Å². The molecule has 0 saturated heterocycles. The van der Waals surface area contributed by atoms with Crippen LogP contribution in [0.5, 0.6) is 11.5 Å². The lowest BCUT2D eigenvalue weighted by Gasteiger charge is -2.12. The monoisotopic (exact) mass is 385 g/mol. The van der Waals surface area contributed by atoms with Crippen LogP contribution in [0.2, 0.25) is 0 Å². The predicted octanol–water partition coefficient (Wildman–Crippen LogP) is 1.67. The van der Waals surface area contributed by atoms with Crippen molar-refractivity contribution in [1.29, 1.82) is 0 Å². The van der Waals surface area contributed by atoms with Gasteiger partial charge in [-0.1, -0.05) is 18.2 Å². The number of nitrogens with one attached hydrogen (secondary N) is 3. The van der Waals surface area contributed by atoms with E-state index >= 15 is 0 Å². The van der Waals surface area contributed by atoms with Crippen LogP contribution in [0.1, 0.15) is 34.1 Å². The summed E-state index contributed by atoms with van der Waals surface area (Å²) >= 11 is 0. The lowest BCUT2D eigenvalue weighted by atomic mass is 10.2. The van der Waals surface area contributed by atoms with E-state index in [0.717, 1.165) is 0 Å². The Morgan fingerprint density at radius 3 is 2.32 bits per heavy atom. The first-order valence-corrected chi connectivity index (χ1v) is 8.78. The maximum atomic E-state index is 12.2. The highest BCUT2D eigenvalue weighted by Crippen LogP contribution is 2.27. The van der Waals surface area contributed by atoms with Gasteiger partial charge in [0.1, 0.15) is 0 Å². The molecule has 3 N–H and O–H groups in total. The highest BCUT2D eigenvalue weighted by molar-refractivity contribution is 5.96. The standard InChI is InChI=1S/C20H23N3O5/c1-3-28-16-10-9-15(13-17(16)27-2)20(26)23-22-18(24)11-12-21-19(25)14-7-5-4-6-8-14/h4-10,13H,3,11-12H2,1-2H3,(H,21,25)(H,22,24)(H,23,26). The molecule has 0 radical (unpaired) electrons. The van der Waals surface area contributed by atoms with Gasteiger partial charge in [-0.2, -0.15) is 0 Å². The first-order chi connectivity index (χ1) is 13.5. The van der Waals surface area contributed by atoms with Crippen LogP contribution in [0, 0.1) is 0 Å². The summed E-state index contributed by atoms with van der Waals surface area (Å²) in [5.41, 5.74) is 5.45. The molecule has 0 atom stereocenters. The lowest BCUT2D eigenvalue weighted by molar-refractivity contribution is -0.121. The molecule has 0 aliphatic carbocycles. The smallest absolute Gasteiger partial charge is 0.269 e. The van der Waals surface area contributed by atoms with Gasteiger partial charge >= 0.3 is 0 Å². The van der Waals surface area contributed by atoms with E-state index in [4.69, 9.17) is 9.47 Å². The number of amides is 3. The maximum absolute atomic E-state index is 12.2. The Balaban J connectivity index is 1.77. The average molecular weight is 385 g/mol. The van der Waals surface area contributed by atoms with Crippen molar-refractivity contribution in [1.82, 2.24) is 16.2 Å². The van der Waals surface area contributed by atoms with Gasteiger partial charge in [-0.05, 0) is 37.3 Å². The molecule has 2 aromatic rings. The SMILES string of the molecule is CCOc1ccc(C(=O)NNC(=O)CCNC(=O)c2ccccc2)cc1OC. The molecule has 2 rings (SSSR count). The summed E-state index contributed by atoms with van der Waals surface area (Å²) in [7, 11) is 1.48. The van der Waals surface area contributed by atoms with Crippen molar-refractivity contribution < 1.29 is 23.9 Å². The third kappa shape index (κ3) is 6.01. The fourth-order valence-electron chi connectivity index (χ4n) is 2.33. The fraction of sp³-hybridized carbons (Fsp3) is 0.250. The Bertz CT molecular complexity index is 824. The molecule has 3 amide bonds. The van der Waals surface area contributed by atoms with Crippen molar-refractivity contribution in [3.8, 4) is 11.5 Å². The van der Waals surface area contributed by atoms with E-state index in [0.29, 0.717) is 29.2 Å². The Kier molecular flexibility index (Phi) is 7.83. The second kappa shape index (κ2) is 10.6. The zero-order valence-corrected chi connectivity index (χ0v) is 15.8. The molecule has 2 aromatic carbocycles. The van der Waals surface area contributed by atoms with E-state index in [-0.39, 0.29) is 18.9 Å². The van der Waals surface area contributed by atoms with Gasteiger partial charge < -0.3 is 14.8 Å². The van der Waals surface area contributed by atoms with Gasteiger partial charge in [0.25, 0.3) is 11.8 Å². The van der Waals surface area contributed by atoms with Crippen LogP contribution in [0.3, 0.4) is 0 Å². The molecule has 148 valence electrons. The first kappa shape index (κ1) is 20.8. The Morgan fingerprint density at radius 1 is 0.893 bits per heavy atom. The molecule has 0 unspecified atom stereocenters. The summed E-state index contributed by atoms with van der Waals surface area (Å²) in [5, 5.41) is 2.64. The van der Waals surface area contributed by atoms with Crippen LogP contribution in [-0.4, -0.2) is 38.0 Å². The molecule has 28 heavy (non-hydrogen) atoms. The van der Waals surface area contributed by atoms with E-state index in [9.17, 15) is 14.4 Å². The summed E-state index contributed by atoms with van der Waals surface area (Å²) in [4.78, 5) is 35.9. The topological polar surface area (TPSA) is 106 Å². The van der Waals surface area contributed by atoms with Crippen LogP contribution in [0.4, 0.5) is 0 Å². The van der Waals surface area contributed by atoms with Gasteiger partial charge in [0.2, 0.25) is 5.91 Å². The minimum absolute atomic E-state index is 0.0193. The third-order valence-electron chi connectivity index (χ3n) is 3.71. The summed E-state index contributed by atoms with van der Waals surface area (Å²) in [5.74, 6) is -0.245. The highest BCUT2D eigenvalue weighted by atomic mass is 16.5. The van der Waals surface area contributed by atoms with Crippen LogP contribution in [0.15, 0.2) is 48.5 Å². The summed E-state index contributed by atoms with van der Waals surface area (Å²) in [6.45, 7) is 2.46. The van der Waals surface area contributed by atoms with Crippen LogP contribution in [-0.2, 0) is 4.79 Å².